The molecule has 0 unspecified atom stereocenters. The Morgan fingerprint density at radius 1 is 1.10 bits per heavy atom. The fourth-order valence-electron chi connectivity index (χ4n) is 3.13. The van der Waals surface area contributed by atoms with Crippen molar-refractivity contribution in [3.8, 4) is 0 Å². The topological polar surface area (TPSA) is 132 Å². The molecule has 2 aromatic heterocycles. The van der Waals surface area contributed by atoms with Crippen LogP contribution < -0.4 is 0 Å². The molecular formula is C17H19FN4O7. The third kappa shape index (κ3) is 4.31. The predicted molar refractivity (Wildman–Crippen MR) is 91.7 cm³/mol. The summed E-state index contributed by atoms with van der Waals surface area (Å²) in [7, 11) is 0. The fraction of sp³-hybridized carbons (Fsp3) is 0.529. The zero-order valence-electron chi connectivity index (χ0n) is 16.1. The van der Waals surface area contributed by atoms with Crippen LogP contribution in [0.5, 0.6) is 0 Å². The molecule has 1 fully saturated rings. The Morgan fingerprint density at radius 3 is 2.38 bits per heavy atom. The molecule has 3 heterocycles. The highest BCUT2D eigenvalue weighted by atomic mass is 19.1. The first-order valence-electron chi connectivity index (χ1n) is 8.67. The van der Waals surface area contributed by atoms with E-state index in [9.17, 15) is 18.8 Å². The van der Waals surface area contributed by atoms with E-state index >= 15 is 0 Å². The van der Waals surface area contributed by atoms with Crippen molar-refractivity contribution < 1.29 is 37.7 Å². The van der Waals surface area contributed by atoms with Gasteiger partial charge < -0.3 is 18.9 Å². The number of aromatic nitrogens is 4. The van der Waals surface area contributed by atoms with Crippen molar-refractivity contribution in [3.05, 3.63) is 18.1 Å². The number of hydrogen-bond acceptors (Lipinski definition) is 10. The van der Waals surface area contributed by atoms with Crippen LogP contribution in [0.25, 0.3) is 11.2 Å². The molecule has 0 N–H and O–H groups in total. The minimum Gasteiger partial charge on any atom is -0.463 e. The molecule has 29 heavy (non-hydrogen) atoms. The lowest BCUT2D eigenvalue weighted by molar-refractivity contribution is -0.166. The second-order valence-electron chi connectivity index (χ2n) is 6.42. The summed E-state index contributed by atoms with van der Waals surface area (Å²) in [4.78, 5) is 46.0. The van der Waals surface area contributed by atoms with Gasteiger partial charge in [0.2, 0.25) is 0 Å². The smallest absolute Gasteiger partial charge is 0.310 e. The van der Waals surface area contributed by atoms with E-state index in [-0.39, 0.29) is 12.3 Å². The van der Waals surface area contributed by atoms with E-state index in [1.807, 2.05) is 0 Å². The van der Waals surface area contributed by atoms with E-state index in [2.05, 4.69) is 15.0 Å². The lowest BCUT2D eigenvalue weighted by Gasteiger charge is -2.23. The number of halogens is 1. The Labute approximate surface area is 164 Å². The van der Waals surface area contributed by atoms with Gasteiger partial charge in [-0.25, -0.2) is 9.97 Å². The third-order valence-corrected chi connectivity index (χ3v) is 4.18. The number of carbonyl (C=O) groups is 3. The molecule has 0 bridgehead atoms. The van der Waals surface area contributed by atoms with E-state index < -0.39 is 48.5 Å². The van der Waals surface area contributed by atoms with Gasteiger partial charge in [-0.2, -0.15) is 9.37 Å². The second kappa shape index (κ2) is 8.07. The molecule has 2 aromatic rings. The van der Waals surface area contributed by atoms with E-state index in [1.165, 1.54) is 31.7 Å². The summed E-state index contributed by atoms with van der Waals surface area (Å²) in [6.45, 7) is 4.88. The number of ether oxygens (including phenoxy) is 4. The SMILES string of the molecule is CC(=O)OC[C@H]1O[C@@H](n2cnc3c(C)nc(F)nc32)[C@H](OC(C)=O)[C@@H]1OC(C)=O. The molecule has 0 amide bonds. The maximum atomic E-state index is 13.8. The van der Waals surface area contributed by atoms with E-state index in [1.54, 1.807) is 6.92 Å². The molecule has 1 saturated heterocycles. The first-order valence-corrected chi connectivity index (χ1v) is 8.67. The van der Waals surface area contributed by atoms with Gasteiger partial charge in [0.15, 0.2) is 24.1 Å². The fourth-order valence-corrected chi connectivity index (χ4v) is 3.13. The third-order valence-electron chi connectivity index (χ3n) is 4.18. The lowest BCUT2D eigenvalue weighted by Crippen LogP contribution is -2.40. The van der Waals surface area contributed by atoms with Gasteiger partial charge in [-0.05, 0) is 6.92 Å². The van der Waals surface area contributed by atoms with Crippen LogP contribution in [0.3, 0.4) is 0 Å². The van der Waals surface area contributed by atoms with Gasteiger partial charge in [0.05, 0.1) is 12.0 Å². The molecule has 11 nitrogen and oxygen atoms in total. The maximum absolute atomic E-state index is 13.8. The number of nitrogens with zero attached hydrogens (tertiary/aromatic N) is 4. The molecule has 12 heteroatoms. The minimum absolute atomic E-state index is 0.104. The molecule has 0 saturated carbocycles. The summed E-state index contributed by atoms with van der Waals surface area (Å²) in [5, 5.41) is 0. The minimum atomic E-state index is -1.12. The zero-order chi connectivity index (χ0) is 21.3. The van der Waals surface area contributed by atoms with Crippen molar-refractivity contribution in [3.63, 3.8) is 0 Å². The largest absolute Gasteiger partial charge is 0.463 e. The van der Waals surface area contributed by atoms with Crippen molar-refractivity contribution >= 4 is 29.1 Å². The number of carbonyl (C=O) groups excluding carboxylic acids is 3. The Morgan fingerprint density at radius 2 is 1.76 bits per heavy atom. The molecule has 1 aliphatic heterocycles. The van der Waals surface area contributed by atoms with Crippen LogP contribution in [0.2, 0.25) is 0 Å². The number of fused-ring (bicyclic) bond motifs is 1. The van der Waals surface area contributed by atoms with Crippen LogP contribution in [0.15, 0.2) is 6.33 Å². The van der Waals surface area contributed by atoms with Crippen LogP contribution in [0.1, 0.15) is 32.7 Å². The summed E-state index contributed by atoms with van der Waals surface area (Å²) in [6, 6.07) is 0. The summed E-state index contributed by atoms with van der Waals surface area (Å²) >= 11 is 0. The number of hydrogen-bond donors (Lipinski definition) is 0. The van der Waals surface area contributed by atoms with E-state index in [0.29, 0.717) is 11.2 Å². The number of rotatable bonds is 5. The Kier molecular flexibility index (Phi) is 5.73. The van der Waals surface area contributed by atoms with E-state index in [4.69, 9.17) is 18.9 Å². The molecule has 0 spiro atoms. The highest BCUT2D eigenvalue weighted by molar-refractivity contribution is 5.73. The molecule has 0 aromatic carbocycles. The number of esters is 3. The lowest BCUT2D eigenvalue weighted by atomic mass is 10.1. The summed E-state index contributed by atoms with van der Waals surface area (Å²) < 4.78 is 36.6. The first kappa shape index (κ1) is 20.6. The summed E-state index contributed by atoms with van der Waals surface area (Å²) in [5.41, 5.74) is 0.734. The predicted octanol–water partition coefficient (Wildman–Crippen LogP) is 0.598. The van der Waals surface area contributed by atoms with Crippen LogP contribution >= 0.6 is 0 Å². The Hall–Kier alpha value is -3.15. The Bertz CT molecular complexity index is 963. The van der Waals surface area contributed by atoms with Crippen molar-refractivity contribution in [2.75, 3.05) is 6.61 Å². The van der Waals surface area contributed by atoms with Gasteiger partial charge >= 0.3 is 24.0 Å². The second-order valence-corrected chi connectivity index (χ2v) is 6.42. The Balaban J connectivity index is 2.04. The van der Waals surface area contributed by atoms with Crippen LogP contribution in [0.4, 0.5) is 4.39 Å². The monoisotopic (exact) mass is 410 g/mol. The summed E-state index contributed by atoms with van der Waals surface area (Å²) in [5.74, 6) is -1.87. The normalized spacial score (nSPS) is 23.8. The molecule has 0 aliphatic carbocycles. The van der Waals surface area contributed by atoms with Gasteiger partial charge in [-0.15, -0.1) is 0 Å². The zero-order valence-corrected chi connectivity index (χ0v) is 16.1. The first-order chi connectivity index (χ1) is 13.7. The maximum Gasteiger partial charge on any atom is 0.310 e. The molecular weight excluding hydrogens is 391 g/mol. The molecule has 0 radical (unpaired) electrons. The summed E-state index contributed by atoms with van der Waals surface area (Å²) in [6.07, 6.45) is -3.85. The van der Waals surface area contributed by atoms with Crippen molar-refractivity contribution in [2.24, 2.45) is 0 Å². The average molecular weight is 410 g/mol. The van der Waals surface area contributed by atoms with Gasteiger partial charge in [0, 0.05) is 20.8 Å². The molecule has 3 rings (SSSR count). The highest BCUT2D eigenvalue weighted by Gasteiger charge is 2.51. The van der Waals surface area contributed by atoms with Crippen LogP contribution in [-0.2, 0) is 33.3 Å². The number of aryl methyl sites for hydroxylation is 1. The standard InChI is InChI=1S/C17H19FN4O7/c1-7-12-15(21-17(18)20-7)22(6-19-12)16-14(28-10(4)25)13(27-9(3)24)11(29-16)5-26-8(2)23/h6,11,13-14,16H,5H2,1-4H3/t11-,13-,14-,16-/m1/s1. The van der Waals surface area contributed by atoms with E-state index in [0.717, 1.165) is 0 Å². The highest BCUT2D eigenvalue weighted by Crippen LogP contribution is 2.36. The van der Waals surface area contributed by atoms with Crippen LogP contribution in [-0.4, -0.2) is 62.3 Å². The molecule has 1 aliphatic rings. The van der Waals surface area contributed by atoms with Crippen molar-refractivity contribution in [1.29, 1.82) is 0 Å². The van der Waals surface area contributed by atoms with Gasteiger partial charge in [-0.3, -0.25) is 19.0 Å². The average Bonchev–Trinajstić information content (AvgIpc) is 3.15. The van der Waals surface area contributed by atoms with Crippen LogP contribution in [0, 0.1) is 13.0 Å². The molecule has 156 valence electrons. The molecule has 4 atom stereocenters. The number of imidazole rings is 1. The van der Waals surface area contributed by atoms with Gasteiger partial charge in [0.25, 0.3) is 0 Å². The van der Waals surface area contributed by atoms with Crippen molar-refractivity contribution in [1.82, 2.24) is 19.5 Å². The van der Waals surface area contributed by atoms with Gasteiger partial charge in [-0.1, -0.05) is 0 Å². The van der Waals surface area contributed by atoms with Gasteiger partial charge in [0.1, 0.15) is 18.2 Å². The van der Waals surface area contributed by atoms with Crippen molar-refractivity contribution in [2.45, 2.75) is 52.2 Å². The quantitative estimate of drug-likeness (QED) is 0.392.